The van der Waals surface area contributed by atoms with Gasteiger partial charge in [0, 0.05) is 12.8 Å². The summed E-state index contributed by atoms with van der Waals surface area (Å²) in [6, 6.07) is -0.856. The lowest BCUT2D eigenvalue weighted by molar-refractivity contribution is -0.870. The normalized spacial score (nSPS) is 14.2. The van der Waals surface area contributed by atoms with Crippen LogP contribution in [0.5, 0.6) is 0 Å². The van der Waals surface area contributed by atoms with Crippen LogP contribution in [0, 0.1) is 0 Å². The maximum atomic E-state index is 13.5. The molecular formula is C68H124N2O7P+. The number of hydrogen-bond acceptors (Lipinski definition) is 6. The standard InChI is InChI=1S/C68H123N2O7P/c1-7-10-13-16-19-22-25-28-30-31-32-33-34-35-36-37-38-39-40-43-46-49-52-55-58-61-68(72)77-66(59-56-53-50-47-44-41-27-24-21-18-15-12-9-3)65(64-76-78(73,74)75-63-62-70(4,5)6)69-67(71)60-57-54-51-48-45-42-29-26-23-20-17-14-11-8-2/h10,13,19,22,28,30,32-33,35-36,38-39,56,59,65-66H,7-9,11-12,14-18,20-21,23-27,29,31,34,37,40-55,57-58,60-64H2,1-6H3,(H-,69,71,73,74)/p+1/b13-10-,22-19-,30-28-,33-32-,36-35-,39-38-,59-56-. The van der Waals surface area contributed by atoms with Gasteiger partial charge in [-0.2, -0.15) is 0 Å². The molecule has 452 valence electrons. The van der Waals surface area contributed by atoms with Gasteiger partial charge in [-0.15, -0.1) is 0 Å². The van der Waals surface area contributed by atoms with Gasteiger partial charge in [-0.25, -0.2) is 4.57 Å². The highest BCUT2D eigenvalue weighted by Gasteiger charge is 2.30. The third-order valence-corrected chi connectivity index (χ3v) is 15.1. The molecule has 0 aromatic carbocycles. The van der Waals surface area contributed by atoms with Crippen LogP contribution in [0.3, 0.4) is 0 Å². The predicted molar refractivity (Wildman–Crippen MR) is 337 cm³/mol. The van der Waals surface area contributed by atoms with Crippen molar-refractivity contribution >= 4 is 19.7 Å². The number of phosphoric acid groups is 1. The Labute approximate surface area is 482 Å². The number of allylic oxidation sites excluding steroid dienone is 13. The van der Waals surface area contributed by atoms with Crippen molar-refractivity contribution < 1.29 is 37.3 Å². The van der Waals surface area contributed by atoms with Gasteiger partial charge in [0.05, 0.1) is 33.8 Å². The number of quaternary nitrogens is 1. The van der Waals surface area contributed by atoms with Crippen LogP contribution in [-0.4, -0.2) is 74.3 Å². The first-order valence-corrected chi connectivity index (χ1v) is 33.9. The SMILES string of the molecule is CC/C=C\C/C=C\C/C=C\C/C=C\C/C=C\C/C=C\CCCCCCCCC(=O)OC(/C=C\CCCCCCCCCCCCC)C(COP(=O)(O)OCC[N+](C)(C)C)NC(=O)CCCCCCCCCCCCCCCC. The summed E-state index contributed by atoms with van der Waals surface area (Å²) in [7, 11) is 1.49. The summed E-state index contributed by atoms with van der Waals surface area (Å²) in [4.78, 5) is 37.8. The highest BCUT2D eigenvalue weighted by Crippen LogP contribution is 2.43. The van der Waals surface area contributed by atoms with Crippen molar-refractivity contribution in [1.82, 2.24) is 5.32 Å². The molecule has 0 spiro atoms. The first-order valence-electron chi connectivity index (χ1n) is 32.4. The summed E-state index contributed by atoms with van der Waals surface area (Å²) in [5.41, 5.74) is 0. The molecule has 0 aliphatic rings. The van der Waals surface area contributed by atoms with E-state index in [1.807, 2.05) is 33.3 Å². The fourth-order valence-electron chi connectivity index (χ4n) is 9.12. The van der Waals surface area contributed by atoms with Crippen LogP contribution in [0.2, 0.25) is 0 Å². The monoisotopic (exact) mass is 1110 g/mol. The maximum absolute atomic E-state index is 13.5. The first kappa shape index (κ1) is 75.2. The summed E-state index contributed by atoms with van der Waals surface area (Å²) >= 11 is 0. The van der Waals surface area contributed by atoms with E-state index in [1.165, 1.54) is 128 Å². The Kier molecular flexibility index (Phi) is 55.4. The van der Waals surface area contributed by atoms with Crippen molar-refractivity contribution in [3.63, 3.8) is 0 Å². The molecule has 3 atom stereocenters. The van der Waals surface area contributed by atoms with Gasteiger partial charge in [0.2, 0.25) is 5.91 Å². The predicted octanol–water partition coefficient (Wildman–Crippen LogP) is 20.2. The quantitative estimate of drug-likeness (QED) is 0.0205. The molecule has 0 aliphatic heterocycles. The highest BCUT2D eigenvalue weighted by molar-refractivity contribution is 7.47. The molecule has 0 saturated heterocycles. The Bertz CT molecular complexity index is 1610. The fourth-order valence-corrected chi connectivity index (χ4v) is 9.86. The Morgan fingerprint density at radius 1 is 0.462 bits per heavy atom. The molecule has 0 aromatic rings. The Hall–Kier alpha value is -2.81. The molecular weight excluding hydrogens is 988 g/mol. The summed E-state index contributed by atoms with van der Waals surface area (Å²) in [6.07, 6.45) is 75.8. The van der Waals surface area contributed by atoms with Gasteiger partial charge in [0.15, 0.2) is 0 Å². The van der Waals surface area contributed by atoms with Gasteiger partial charge < -0.3 is 19.4 Å². The Balaban J connectivity index is 5.21. The molecule has 0 saturated carbocycles. The Morgan fingerprint density at radius 3 is 1.23 bits per heavy atom. The minimum atomic E-state index is -4.45. The molecule has 0 rings (SSSR count). The smallest absolute Gasteiger partial charge is 0.456 e. The van der Waals surface area contributed by atoms with Crippen LogP contribution in [0.1, 0.15) is 284 Å². The van der Waals surface area contributed by atoms with E-state index in [9.17, 15) is 19.0 Å². The number of likely N-dealkylation sites (N-methyl/N-ethyl adjacent to an activating group) is 1. The van der Waals surface area contributed by atoms with E-state index in [1.54, 1.807) is 0 Å². The van der Waals surface area contributed by atoms with Gasteiger partial charge in [0.25, 0.3) is 0 Å². The molecule has 0 bridgehead atoms. The summed E-state index contributed by atoms with van der Waals surface area (Å²) in [5.74, 6) is -0.517. The number of ether oxygens (including phenoxy) is 1. The minimum Gasteiger partial charge on any atom is -0.456 e. The van der Waals surface area contributed by atoms with Crippen LogP contribution >= 0.6 is 7.82 Å². The van der Waals surface area contributed by atoms with E-state index < -0.39 is 20.0 Å². The molecule has 0 heterocycles. The lowest BCUT2D eigenvalue weighted by Crippen LogP contribution is -2.47. The van der Waals surface area contributed by atoms with E-state index in [0.29, 0.717) is 17.4 Å². The zero-order valence-electron chi connectivity index (χ0n) is 51.6. The van der Waals surface area contributed by atoms with Crippen LogP contribution < -0.4 is 5.32 Å². The molecule has 78 heavy (non-hydrogen) atoms. The zero-order valence-corrected chi connectivity index (χ0v) is 52.5. The molecule has 0 fully saturated rings. The van der Waals surface area contributed by atoms with Crippen LogP contribution in [0.4, 0.5) is 0 Å². The van der Waals surface area contributed by atoms with Gasteiger partial charge >= 0.3 is 13.8 Å². The van der Waals surface area contributed by atoms with Crippen molar-refractivity contribution in [2.75, 3.05) is 40.9 Å². The van der Waals surface area contributed by atoms with Gasteiger partial charge in [-0.1, -0.05) is 273 Å². The van der Waals surface area contributed by atoms with Crippen LogP contribution in [0.25, 0.3) is 0 Å². The van der Waals surface area contributed by atoms with E-state index in [4.69, 9.17) is 13.8 Å². The van der Waals surface area contributed by atoms with Crippen molar-refractivity contribution in [3.05, 3.63) is 85.1 Å². The molecule has 0 aliphatic carbocycles. The van der Waals surface area contributed by atoms with Crippen molar-refractivity contribution in [1.29, 1.82) is 0 Å². The first-order chi connectivity index (χ1) is 37.9. The highest BCUT2D eigenvalue weighted by atomic mass is 31.2. The number of hydrogen-bond donors (Lipinski definition) is 2. The number of nitrogens with zero attached hydrogens (tertiary/aromatic N) is 1. The zero-order chi connectivity index (χ0) is 57.2. The Morgan fingerprint density at radius 2 is 0.821 bits per heavy atom. The second kappa shape index (κ2) is 57.4. The lowest BCUT2D eigenvalue weighted by Gasteiger charge is -2.27. The van der Waals surface area contributed by atoms with E-state index in [0.717, 1.165) is 122 Å². The number of esters is 1. The number of nitrogens with one attached hydrogen (secondary N) is 1. The van der Waals surface area contributed by atoms with Crippen LogP contribution in [-0.2, 0) is 27.9 Å². The van der Waals surface area contributed by atoms with E-state index in [-0.39, 0.29) is 31.5 Å². The molecule has 9 nitrogen and oxygen atoms in total. The second-order valence-corrected chi connectivity index (χ2v) is 24.4. The number of unbranched alkanes of at least 4 members (excludes halogenated alkanes) is 30. The van der Waals surface area contributed by atoms with Crippen molar-refractivity contribution in [3.8, 4) is 0 Å². The lowest BCUT2D eigenvalue weighted by atomic mass is 10.0. The third kappa shape index (κ3) is 57.9. The molecule has 10 heteroatoms. The van der Waals surface area contributed by atoms with Crippen molar-refractivity contribution in [2.24, 2.45) is 0 Å². The molecule has 1 amide bonds. The number of phosphoric ester groups is 1. The molecule has 3 unspecified atom stereocenters. The average Bonchev–Trinajstić information content (AvgIpc) is 3.40. The van der Waals surface area contributed by atoms with E-state index >= 15 is 0 Å². The second-order valence-electron chi connectivity index (χ2n) is 22.9. The van der Waals surface area contributed by atoms with Crippen LogP contribution in [0.15, 0.2) is 85.1 Å². The van der Waals surface area contributed by atoms with Gasteiger partial charge in [-0.3, -0.25) is 18.6 Å². The fraction of sp³-hybridized carbons (Fsp3) is 0.765. The summed E-state index contributed by atoms with van der Waals surface area (Å²) in [5, 5.41) is 3.06. The van der Waals surface area contributed by atoms with E-state index in [2.05, 4.69) is 99.0 Å². The summed E-state index contributed by atoms with van der Waals surface area (Å²) < 4.78 is 30.7. The van der Waals surface area contributed by atoms with Gasteiger partial charge in [0.1, 0.15) is 19.3 Å². The number of carbonyl (C=O) groups is 2. The summed E-state index contributed by atoms with van der Waals surface area (Å²) in [6.45, 7) is 6.90. The largest absolute Gasteiger partial charge is 0.472 e. The molecule has 0 aromatic heterocycles. The number of carbonyl (C=O) groups excluding carboxylic acids is 2. The number of rotatable bonds is 58. The third-order valence-electron chi connectivity index (χ3n) is 14.1. The average molecular weight is 1110 g/mol. The van der Waals surface area contributed by atoms with Crippen molar-refractivity contribution in [2.45, 2.75) is 296 Å². The number of amides is 1. The molecule has 2 N–H and O–H groups in total. The molecule has 0 radical (unpaired) electrons. The maximum Gasteiger partial charge on any atom is 0.472 e. The minimum absolute atomic E-state index is 0.0359. The van der Waals surface area contributed by atoms with Gasteiger partial charge in [-0.05, 0) is 83.1 Å². The topological polar surface area (TPSA) is 111 Å².